The third kappa shape index (κ3) is 12.2. The van der Waals surface area contributed by atoms with Gasteiger partial charge in [0.25, 0.3) is 11.8 Å². The average molecular weight is 993 g/mol. The Morgan fingerprint density at radius 3 is 2.48 bits per heavy atom. The van der Waals surface area contributed by atoms with Crippen LogP contribution in [0.5, 0.6) is 0 Å². The number of likely N-dealkylation sites (N-methyl/N-ethyl adjacent to an activating group) is 1. The van der Waals surface area contributed by atoms with Crippen LogP contribution in [0.15, 0.2) is 41.9 Å². The monoisotopic (exact) mass is 992 g/mol. The maximum absolute atomic E-state index is 14.4. The molecule has 4 atom stereocenters. The van der Waals surface area contributed by atoms with Crippen molar-refractivity contribution >= 4 is 100 Å². The van der Waals surface area contributed by atoms with Gasteiger partial charge < -0.3 is 33.9 Å². The van der Waals surface area contributed by atoms with E-state index in [0.717, 1.165) is 44.7 Å². The summed E-state index contributed by atoms with van der Waals surface area (Å²) in [5.41, 5.74) is 9.30. The van der Waals surface area contributed by atoms with Crippen molar-refractivity contribution in [2.24, 2.45) is 11.3 Å². The van der Waals surface area contributed by atoms with E-state index in [-0.39, 0.29) is 85.1 Å². The summed E-state index contributed by atoms with van der Waals surface area (Å²) in [5, 5.41) is 8.01. The second kappa shape index (κ2) is 23.5. The highest BCUT2D eigenvalue weighted by atomic mass is 32.1. The Balaban J connectivity index is 0.00000281. The van der Waals surface area contributed by atoms with Crippen molar-refractivity contribution in [3.05, 3.63) is 58.2 Å². The van der Waals surface area contributed by atoms with Gasteiger partial charge >= 0.3 is 12.1 Å². The van der Waals surface area contributed by atoms with Gasteiger partial charge in [0, 0.05) is 84.8 Å². The van der Waals surface area contributed by atoms with Crippen molar-refractivity contribution in [1.82, 2.24) is 40.1 Å². The fraction of sp³-hybridized carbons (Fsp3) is 0.556. The highest BCUT2D eigenvalue weighted by Crippen LogP contribution is 2.42. The maximum Gasteiger partial charge on any atom is 0.410 e. The number of cyclic esters (lactones) is 1. The lowest BCUT2D eigenvalue weighted by Gasteiger charge is -2.42. The van der Waals surface area contributed by atoms with Crippen LogP contribution >= 0.6 is 65.3 Å². The van der Waals surface area contributed by atoms with Crippen LogP contribution < -0.4 is 10.7 Å². The van der Waals surface area contributed by atoms with Gasteiger partial charge in [0.05, 0.1) is 34.8 Å². The molecule has 0 aliphatic carbocycles. The van der Waals surface area contributed by atoms with Crippen molar-refractivity contribution in [1.29, 1.82) is 0 Å². The van der Waals surface area contributed by atoms with Crippen LogP contribution in [-0.4, -0.2) is 125 Å². The summed E-state index contributed by atoms with van der Waals surface area (Å²) < 4.78 is 20.0. The molecule has 7 rings (SSSR count). The first kappa shape index (κ1) is 55.8. The van der Waals surface area contributed by atoms with Gasteiger partial charge in [-0.15, -0.1) is 11.3 Å². The molecule has 3 aliphatic rings. The van der Waals surface area contributed by atoms with E-state index in [4.69, 9.17) is 24.2 Å². The highest BCUT2D eigenvalue weighted by molar-refractivity contribution is 7.59. The number of carbonyl (C=O) groups excluding carboxylic acids is 4. The Morgan fingerprint density at radius 2 is 1.82 bits per heavy atom. The molecule has 3 aliphatic heterocycles. The predicted octanol–water partition coefficient (Wildman–Crippen LogP) is 6.06. The van der Waals surface area contributed by atoms with Crippen LogP contribution in [0.2, 0.25) is 0 Å². The number of aromatic nitrogens is 3. The van der Waals surface area contributed by atoms with Crippen molar-refractivity contribution in [2.45, 2.75) is 104 Å². The smallest absolute Gasteiger partial charge is 0.410 e. The zero-order valence-corrected chi connectivity index (χ0v) is 43.6. The number of hydrogen-bond donors (Lipinski definition) is 2. The van der Waals surface area contributed by atoms with Crippen molar-refractivity contribution in [3.63, 3.8) is 0 Å². The lowest BCUT2D eigenvalue weighted by molar-refractivity contribution is -0.155. The first-order chi connectivity index (χ1) is 29.1. The number of benzene rings is 1. The number of nitrogens with zero attached hydrogens (tertiary/aromatic N) is 6. The molecular formula is C45H68N8O7S5. The molecule has 15 nitrogen and oxygen atoms in total. The van der Waals surface area contributed by atoms with E-state index >= 15 is 0 Å². The molecule has 20 heteroatoms. The summed E-state index contributed by atoms with van der Waals surface area (Å²) in [7, 11) is 5.60. The number of hydrazine groups is 1. The van der Waals surface area contributed by atoms with E-state index < -0.39 is 47.5 Å². The molecule has 360 valence electrons. The number of carbonyl (C=O) groups is 4. The first-order valence-electron chi connectivity index (χ1n) is 21.3. The van der Waals surface area contributed by atoms with Crippen LogP contribution in [0, 0.1) is 11.3 Å². The maximum atomic E-state index is 14.4. The number of amides is 3. The van der Waals surface area contributed by atoms with Crippen LogP contribution in [0.3, 0.4) is 0 Å². The van der Waals surface area contributed by atoms with Gasteiger partial charge in [0.15, 0.2) is 6.10 Å². The topological polar surface area (TPSA) is 160 Å². The fourth-order valence-electron chi connectivity index (χ4n) is 8.42. The second-order valence-electron chi connectivity index (χ2n) is 17.8. The van der Waals surface area contributed by atoms with Gasteiger partial charge in [0.1, 0.15) is 12.1 Å². The Bertz CT molecular complexity index is 2280. The Morgan fingerprint density at radius 1 is 1.09 bits per heavy atom. The molecule has 4 aromatic rings. The van der Waals surface area contributed by atoms with Crippen LogP contribution in [0.1, 0.15) is 76.8 Å². The van der Waals surface area contributed by atoms with Gasteiger partial charge in [-0.3, -0.25) is 24.4 Å². The van der Waals surface area contributed by atoms with Gasteiger partial charge in [-0.25, -0.2) is 15.2 Å². The van der Waals surface area contributed by atoms with E-state index in [1.807, 2.05) is 37.4 Å². The SMILES string of the molecule is CCn1c(-c2cccnc2[C@H](C)OC)c2c3cc(ccc31)-c1csc(n1)C[C@H](NC(=O)[C@@H](OC(=O)N1CC(N(C)C)C1)C(C)C)C(=O)N1CCC[C@H](N1)C(=O)OCC(C)(C)C2.S.S.S.S. The molecule has 0 unspecified atom stereocenters. The molecule has 2 fully saturated rings. The fourth-order valence-corrected chi connectivity index (χ4v) is 9.27. The molecule has 65 heavy (non-hydrogen) atoms. The molecule has 3 aromatic heterocycles. The molecule has 2 N–H and O–H groups in total. The minimum atomic E-state index is -1.14. The zero-order chi connectivity index (χ0) is 43.7. The molecule has 2 saturated heterocycles. The summed E-state index contributed by atoms with van der Waals surface area (Å²) in [6.07, 6.45) is 1.53. The number of ether oxygens (including phenoxy) is 3. The largest absolute Gasteiger partial charge is 0.464 e. The quantitative estimate of drug-likeness (QED) is 0.188. The Hall–Kier alpha value is -3.50. The first-order valence-corrected chi connectivity index (χ1v) is 22.2. The van der Waals surface area contributed by atoms with E-state index in [2.05, 4.69) is 60.3 Å². The molecule has 1 aromatic carbocycles. The van der Waals surface area contributed by atoms with Gasteiger partial charge in [-0.1, -0.05) is 33.8 Å². The average Bonchev–Trinajstić information content (AvgIpc) is 3.81. The summed E-state index contributed by atoms with van der Waals surface area (Å²) in [4.78, 5) is 68.9. The Labute approximate surface area is 414 Å². The van der Waals surface area contributed by atoms with Crippen LogP contribution in [0.25, 0.3) is 33.4 Å². The standard InChI is InChI=1S/C45H60N8O7S.4H2S/c1-10-52-36-16-15-28-19-31(36)32(39(52)30-13-11-17-46-38(30)27(4)58-9)21-45(5,6)25-59-43(56)33-14-12-18-53(49-33)42(55)34(20-37-47-35(28)24-61-37)48-41(54)40(26(2)3)60-44(57)51-22-29(23-51)50(7)8;;;;/h11,13,15-17,19,24,26-27,29,33-34,40,49H,10,12,14,18,20-23,25H2,1-9H3,(H,48,54);4*1H2/t27-,33-,34-,40-;;;;/m0..../s1. The molecule has 0 radical (unpaired) electrons. The second-order valence-corrected chi connectivity index (χ2v) is 18.8. The summed E-state index contributed by atoms with van der Waals surface area (Å²) in [6, 6.07) is 8.79. The third-order valence-corrected chi connectivity index (χ3v) is 13.0. The number of thiazole rings is 1. The molecule has 0 saturated carbocycles. The zero-order valence-electron chi connectivity index (χ0n) is 38.8. The van der Waals surface area contributed by atoms with Crippen molar-refractivity contribution in [2.75, 3.05) is 47.4 Å². The molecule has 6 bridgehead atoms. The molecule has 0 spiro atoms. The highest BCUT2D eigenvalue weighted by Gasteiger charge is 2.39. The number of methoxy groups -OCH3 is 1. The number of rotatable bonds is 9. The Kier molecular flexibility index (Phi) is 20.2. The number of fused-ring (bicyclic) bond motifs is 6. The van der Waals surface area contributed by atoms with E-state index in [1.54, 1.807) is 32.1 Å². The summed E-state index contributed by atoms with van der Waals surface area (Å²) in [5.74, 6) is -1.82. The normalized spacial score (nSPS) is 19.6. The summed E-state index contributed by atoms with van der Waals surface area (Å²) >= 11 is 1.41. The van der Waals surface area contributed by atoms with Crippen LogP contribution in [-0.2, 0) is 48.0 Å². The van der Waals surface area contributed by atoms with Gasteiger partial charge in [-0.2, -0.15) is 54.0 Å². The van der Waals surface area contributed by atoms with E-state index in [1.165, 1.54) is 16.3 Å². The number of pyridine rings is 1. The molecule has 6 heterocycles. The van der Waals surface area contributed by atoms with Gasteiger partial charge in [-0.05, 0) is 83.0 Å². The minimum Gasteiger partial charge on any atom is -0.464 e. The predicted molar refractivity (Wildman–Crippen MR) is 275 cm³/mol. The number of nitrogens with one attached hydrogen (secondary N) is 2. The number of aryl methyl sites for hydroxylation is 1. The number of hydrogen-bond acceptors (Lipinski definition) is 12. The van der Waals surface area contributed by atoms with Crippen LogP contribution in [0.4, 0.5) is 4.79 Å². The lowest BCUT2D eigenvalue weighted by atomic mass is 9.84. The number of esters is 1. The van der Waals surface area contributed by atoms with E-state index in [0.29, 0.717) is 50.4 Å². The van der Waals surface area contributed by atoms with Crippen molar-refractivity contribution in [3.8, 4) is 22.5 Å². The molecular weight excluding hydrogens is 925 g/mol. The van der Waals surface area contributed by atoms with Crippen molar-refractivity contribution < 1.29 is 33.4 Å². The summed E-state index contributed by atoms with van der Waals surface area (Å²) in [6.45, 7) is 14.1. The minimum absolute atomic E-state index is 0. The van der Waals surface area contributed by atoms with Gasteiger partial charge in [0.2, 0.25) is 0 Å². The molecule has 3 amide bonds. The number of likely N-dealkylation sites (tertiary alicyclic amines) is 1. The lowest BCUT2D eigenvalue weighted by Crippen LogP contribution is -2.62. The third-order valence-electron chi connectivity index (χ3n) is 12.1. The van der Waals surface area contributed by atoms with E-state index in [9.17, 15) is 19.2 Å².